The third kappa shape index (κ3) is 2.10. The van der Waals surface area contributed by atoms with E-state index in [0.29, 0.717) is 5.56 Å². The molecule has 1 aromatic rings. The van der Waals surface area contributed by atoms with Gasteiger partial charge in [0.25, 0.3) is 0 Å². The molecule has 1 aliphatic carbocycles. The van der Waals surface area contributed by atoms with Crippen molar-refractivity contribution in [1.29, 1.82) is 0 Å². The molecule has 0 fully saturated rings. The van der Waals surface area contributed by atoms with E-state index in [9.17, 15) is 9.50 Å². The summed E-state index contributed by atoms with van der Waals surface area (Å²) in [4.78, 5) is 0. The van der Waals surface area contributed by atoms with Crippen molar-refractivity contribution in [2.24, 2.45) is 0 Å². The zero-order chi connectivity index (χ0) is 10.8. The van der Waals surface area contributed by atoms with Gasteiger partial charge in [-0.25, -0.2) is 4.39 Å². The van der Waals surface area contributed by atoms with E-state index < -0.39 is 6.10 Å². The van der Waals surface area contributed by atoms with Gasteiger partial charge in [-0.2, -0.15) is 0 Å². The molecular weight excluding hydrogens is 191 g/mol. The number of aliphatic hydroxyl groups excluding tert-OH is 1. The first-order valence-electron chi connectivity index (χ1n) is 5.31. The fourth-order valence-corrected chi connectivity index (χ4v) is 2.02. The van der Waals surface area contributed by atoms with Gasteiger partial charge in [-0.05, 0) is 37.8 Å². The van der Waals surface area contributed by atoms with Gasteiger partial charge >= 0.3 is 0 Å². The minimum atomic E-state index is -0.757. The third-order valence-corrected chi connectivity index (χ3v) is 2.87. The Kier molecular flexibility index (Phi) is 2.87. The molecule has 0 spiro atoms. The lowest BCUT2D eigenvalue weighted by Gasteiger charge is -2.13. The molecule has 2 rings (SSSR count). The van der Waals surface area contributed by atoms with Crippen LogP contribution in [0, 0.1) is 12.7 Å². The molecule has 0 bridgehead atoms. The Bertz CT molecular complexity index is 396. The van der Waals surface area contributed by atoms with Crippen LogP contribution in [0.25, 0.3) is 0 Å². The van der Waals surface area contributed by atoms with E-state index in [4.69, 9.17) is 0 Å². The Balaban J connectivity index is 2.31. The van der Waals surface area contributed by atoms with Crippen LogP contribution in [0.4, 0.5) is 4.39 Å². The van der Waals surface area contributed by atoms with E-state index in [1.807, 2.05) is 13.0 Å². The lowest BCUT2D eigenvalue weighted by atomic mass is 9.99. The summed E-state index contributed by atoms with van der Waals surface area (Å²) >= 11 is 0. The Morgan fingerprint density at radius 3 is 2.87 bits per heavy atom. The fraction of sp³-hybridized carbons (Fsp3) is 0.385. The number of aliphatic hydroxyl groups is 1. The quantitative estimate of drug-likeness (QED) is 0.736. The highest BCUT2D eigenvalue weighted by Gasteiger charge is 2.19. The molecule has 1 nitrogen and oxygen atoms in total. The predicted molar refractivity (Wildman–Crippen MR) is 58.0 cm³/mol. The topological polar surface area (TPSA) is 20.2 Å². The summed E-state index contributed by atoms with van der Waals surface area (Å²) in [5.74, 6) is -0.319. The molecule has 1 aliphatic rings. The summed E-state index contributed by atoms with van der Waals surface area (Å²) in [6, 6.07) is 4.86. The first-order valence-corrected chi connectivity index (χ1v) is 5.31. The highest BCUT2D eigenvalue weighted by atomic mass is 19.1. The van der Waals surface area contributed by atoms with Crippen LogP contribution in [0.3, 0.4) is 0 Å². The highest BCUT2D eigenvalue weighted by molar-refractivity contribution is 5.32. The van der Waals surface area contributed by atoms with E-state index in [2.05, 4.69) is 0 Å². The van der Waals surface area contributed by atoms with Crippen molar-refractivity contribution < 1.29 is 9.50 Å². The molecule has 0 saturated carbocycles. The van der Waals surface area contributed by atoms with Gasteiger partial charge in [0.15, 0.2) is 0 Å². The number of benzene rings is 1. The van der Waals surface area contributed by atoms with Crippen LogP contribution < -0.4 is 0 Å². The molecule has 80 valence electrons. The van der Waals surface area contributed by atoms with Gasteiger partial charge in [-0.3, -0.25) is 0 Å². The minimum Gasteiger partial charge on any atom is -0.384 e. The van der Waals surface area contributed by atoms with Crippen LogP contribution in [-0.4, -0.2) is 5.11 Å². The summed E-state index contributed by atoms with van der Waals surface area (Å²) in [5.41, 5.74) is 2.34. The molecule has 0 aromatic heterocycles. The smallest absolute Gasteiger partial charge is 0.129 e. The Labute approximate surface area is 89.3 Å². The van der Waals surface area contributed by atoms with E-state index in [0.717, 1.165) is 30.4 Å². The van der Waals surface area contributed by atoms with Gasteiger partial charge in [-0.15, -0.1) is 0 Å². The number of hydrogen-bond donors (Lipinski definition) is 1. The van der Waals surface area contributed by atoms with Crippen molar-refractivity contribution in [2.75, 3.05) is 0 Å². The van der Waals surface area contributed by atoms with Gasteiger partial charge in [0.1, 0.15) is 11.9 Å². The van der Waals surface area contributed by atoms with Gasteiger partial charge in [0.2, 0.25) is 0 Å². The first kappa shape index (κ1) is 10.4. The van der Waals surface area contributed by atoms with Gasteiger partial charge < -0.3 is 5.11 Å². The van der Waals surface area contributed by atoms with Crippen LogP contribution in [0.1, 0.15) is 36.5 Å². The highest BCUT2D eigenvalue weighted by Crippen LogP contribution is 2.31. The van der Waals surface area contributed by atoms with Crippen LogP contribution in [0.2, 0.25) is 0 Å². The Morgan fingerprint density at radius 2 is 2.20 bits per heavy atom. The first-order chi connectivity index (χ1) is 7.18. The zero-order valence-electron chi connectivity index (χ0n) is 8.83. The molecule has 15 heavy (non-hydrogen) atoms. The largest absolute Gasteiger partial charge is 0.384 e. The third-order valence-electron chi connectivity index (χ3n) is 2.87. The maximum absolute atomic E-state index is 13.5. The maximum atomic E-state index is 13.5. The number of hydrogen-bond acceptors (Lipinski definition) is 1. The second-order valence-electron chi connectivity index (χ2n) is 4.10. The van der Waals surface area contributed by atoms with E-state index in [1.165, 1.54) is 6.07 Å². The number of halogens is 1. The van der Waals surface area contributed by atoms with E-state index >= 15 is 0 Å². The van der Waals surface area contributed by atoms with Crippen molar-refractivity contribution >= 4 is 0 Å². The molecule has 1 atom stereocenters. The Hall–Kier alpha value is -1.15. The summed E-state index contributed by atoms with van der Waals surface area (Å²) in [5, 5.41) is 10.0. The second kappa shape index (κ2) is 4.15. The van der Waals surface area contributed by atoms with Crippen LogP contribution in [0.15, 0.2) is 29.8 Å². The summed E-state index contributed by atoms with van der Waals surface area (Å²) in [6.45, 7) is 1.90. The standard InChI is InChI=1S/C13H15FO/c1-9-6-7-12(14)11(8-9)13(15)10-4-2-3-5-10/h4,6-8,13,15H,2-3,5H2,1H3. The van der Waals surface area contributed by atoms with Crippen LogP contribution in [0.5, 0.6) is 0 Å². The fourth-order valence-electron chi connectivity index (χ4n) is 2.02. The summed E-state index contributed by atoms with van der Waals surface area (Å²) in [7, 11) is 0. The molecule has 2 heteroatoms. The number of rotatable bonds is 2. The monoisotopic (exact) mass is 206 g/mol. The molecule has 0 radical (unpaired) electrons. The number of aryl methyl sites for hydroxylation is 1. The molecule has 0 aliphatic heterocycles. The van der Waals surface area contributed by atoms with E-state index in [-0.39, 0.29) is 5.82 Å². The minimum absolute atomic E-state index is 0.319. The van der Waals surface area contributed by atoms with Crippen molar-refractivity contribution in [3.8, 4) is 0 Å². The SMILES string of the molecule is Cc1ccc(F)c(C(O)C2=CCCC2)c1. The zero-order valence-corrected chi connectivity index (χ0v) is 8.83. The molecule has 0 amide bonds. The normalized spacial score (nSPS) is 17.7. The average Bonchev–Trinajstić information content (AvgIpc) is 2.74. The molecule has 0 heterocycles. The van der Waals surface area contributed by atoms with Gasteiger partial charge in [0.05, 0.1) is 0 Å². The molecule has 1 N–H and O–H groups in total. The average molecular weight is 206 g/mol. The van der Waals surface area contributed by atoms with Crippen LogP contribution >= 0.6 is 0 Å². The molecule has 1 unspecified atom stereocenters. The van der Waals surface area contributed by atoms with E-state index in [1.54, 1.807) is 12.1 Å². The lowest BCUT2D eigenvalue weighted by Crippen LogP contribution is -2.03. The van der Waals surface area contributed by atoms with Crippen molar-refractivity contribution in [2.45, 2.75) is 32.3 Å². The lowest BCUT2D eigenvalue weighted by molar-refractivity contribution is 0.207. The van der Waals surface area contributed by atoms with Gasteiger partial charge in [0, 0.05) is 5.56 Å². The Morgan fingerprint density at radius 1 is 1.40 bits per heavy atom. The maximum Gasteiger partial charge on any atom is 0.129 e. The molecule has 0 saturated heterocycles. The molecule has 1 aromatic carbocycles. The van der Waals surface area contributed by atoms with Crippen molar-refractivity contribution in [3.05, 3.63) is 46.8 Å². The predicted octanol–water partition coefficient (Wildman–Crippen LogP) is 3.28. The van der Waals surface area contributed by atoms with Gasteiger partial charge in [-0.1, -0.05) is 23.8 Å². The number of allylic oxidation sites excluding steroid dienone is 1. The summed E-state index contributed by atoms with van der Waals surface area (Å²) in [6.07, 6.45) is 4.22. The van der Waals surface area contributed by atoms with Crippen molar-refractivity contribution in [3.63, 3.8) is 0 Å². The molecular formula is C13H15FO. The van der Waals surface area contributed by atoms with Crippen LogP contribution in [-0.2, 0) is 0 Å². The second-order valence-corrected chi connectivity index (χ2v) is 4.10. The summed E-state index contributed by atoms with van der Waals surface area (Å²) < 4.78 is 13.5. The van der Waals surface area contributed by atoms with Crippen molar-refractivity contribution in [1.82, 2.24) is 0 Å².